The van der Waals surface area contributed by atoms with E-state index in [0.29, 0.717) is 0 Å². The summed E-state index contributed by atoms with van der Waals surface area (Å²) < 4.78 is 9.40. The fourth-order valence-corrected chi connectivity index (χ4v) is 11.3. The SMILES string of the molecule is CC1(C)c2ncccc2-c2cccc(-n3c4ccc(-c5ccc6c(c5)n5c7ccccc7nc5n6-c5cccc6c5C(C)(C)c5ncccc5-6)cc4n4c5ccccc5nc34)c21. The predicted molar refractivity (Wildman–Crippen MR) is 249 cm³/mol. The van der Waals surface area contributed by atoms with Gasteiger partial charge in [-0.05, 0) is 106 Å². The van der Waals surface area contributed by atoms with Crippen LogP contribution in [0, 0.1) is 0 Å². The molecule has 8 nitrogen and oxygen atoms in total. The molecule has 6 aromatic carbocycles. The summed E-state index contributed by atoms with van der Waals surface area (Å²) in [6, 6.07) is 52.5. The van der Waals surface area contributed by atoms with E-state index in [1.165, 1.54) is 33.4 Å². The van der Waals surface area contributed by atoms with Crippen LogP contribution in [0.3, 0.4) is 0 Å². The Hall–Kier alpha value is -7.84. The molecular weight excluding hydrogens is 761 g/mol. The van der Waals surface area contributed by atoms with Crippen molar-refractivity contribution in [3.8, 4) is 44.8 Å². The number of benzene rings is 6. The molecule has 0 saturated carbocycles. The zero-order valence-corrected chi connectivity index (χ0v) is 34.6. The zero-order valence-electron chi connectivity index (χ0n) is 34.6. The quantitative estimate of drug-likeness (QED) is 0.178. The van der Waals surface area contributed by atoms with Gasteiger partial charge in [-0.1, -0.05) is 100 Å². The number of nitrogens with zero attached hydrogens (tertiary/aromatic N) is 8. The van der Waals surface area contributed by atoms with E-state index in [4.69, 9.17) is 19.9 Å². The Balaban J connectivity index is 1.01. The first-order valence-electron chi connectivity index (χ1n) is 21.3. The minimum absolute atomic E-state index is 0.298. The second-order valence-electron chi connectivity index (χ2n) is 18.0. The first-order valence-corrected chi connectivity index (χ1v) is 21.3. The van der Waals surface area contributed by atoms with Crippen molar-refractivity contribution < 1.29 is 0 Å². The van der Waals surface area contributed by atoms with E-state index in [2.05, 4.69) is 179 Å². The molecule has 14 rings (SSSR count). The monoisotopic (exact) mass is 798 g/mol. The Kier molecular flexibility index (Phi) is 6.29. The van der Waals surface area contributed by atoms with Crippen molar-refractivity contribution in [3.63, 3.8) is 0 Å². The number of hydrogen-bond acceptors (Lipinski definition) is 4. The summed E-state index contributed by atoms with van der Waals surface area (Å²) in [6.45, 7) is 9.18. The first-order chi connectivity index (χ1) is 30.3. The van der Waals surface area contributed by atoms with Crippen molar-refractivity contribution in [2.24, 2.45) is 0 Å². The number of imidazole rings is 4. The van der Waals surface area contributed by atoms with Crippen LogP contribution in [0.5, 0.6) is 0 Å². The average Bonchev–Trinajstić information content (AvgIpc) is 4.11. The molecule has 2 aliphatic rings. The normalized spacial score (nSPS) is 14.7. The van der Waals surface area contributed by atoms with Crippen LogP contribution in [-0.2, 0) is 10.8 Å². The Morgan fingerprint density at radius 3 is 1.29 bits per heavy atom. The van der Waals surface area contributed by atoms with Crippen molar-refractivity contribution >= 4 is 55.7 Å². The Morgan fingerprint density at radius 1 is 0.387 bits per heavy atom. The number of fused-ring (bicyclic) bond motifs is 16. The van der Waals surface area contributed by atoms with Crippen molar-refractivity contribution in [2.75, 3.05) is 0 Å². The minimum Gasteiger partial charge on any atom is -0.278 e. The van der Waals surface area contributed by atoms with Gasteiger partial charge in [-0.25, -0.2) is 9.97 Å². The van der Waals surface area contributed by atoms with Gasteiger partial charge in [0.2, 0.25) is 11.6 Å². The van der Waals surface area contributed by atoms with Crippen molar-refractivity contribution in [1.29, 1.82) is 0 Å². The Morgan fingerprint density at radius 2 is 0.823 bits per heavy atom. The molecule has 0 atom stereocenters. The summed E-state index contributed by atoms with van der Waals surface area (Å²) in [6.07, 6.45) is 3.83. The molecule has 0 fully saturated rings. The van der Waals surface area contributed by atoms with Gasteiger partial charge < -0.3 is 0 Å². The van der Waals surface area contributed by atoms with Gasteiger partial charge in [0, 0.05) is 34.4 Å². The Bertz CT molecular complexity index is 3690. The van der Waals surface area contributed by atoms with Crippen LogP contribution in [0.15, 0.2) is 158 Å². The number of aromatic nitrogens is 8. The van der Waals surface area contributed by atoms with Gasteiger partial charge in [-0.3, -0.25) is 27.9 Å². The van der Waals surface area contributed by atoms with Crippen molar-refractivity contribution in [3.05, 3.63) is 181 Å². The lowest BCUT2D eigenvalue weighted by Crippen LogP contribution is -2.19. The topological polar surface area (TPSA) is 70.2 Å². The number of para-hydroxylation sites is 4. The number of hydrogen-bond donors (Lipinski definition) is 0. The maximum Gasteiger partial charge on any atom is 0.220 e. The smallest absolute Gasteiger partial charge is 0.220 e. The molecule has 8 heteroatoms. The zero-order chi connectivity index (χ0) is 41.2. The summed E-state index contributed by atoms with van der Waals surface area (Å²) in [5, 5.41) is 0. The highest BCUT2D eigenvalue weighted by atomic mass is 15.2. The average molecular weight is 799 g/mol. The third-order valence-electron chi connectivity index (χ3n) is 13.9. The largest absolute Gasteiger partial charge is 0.278 e. The fraction of sp³-hybridized carbons (Fsp3) is 0.111. The van der Waals surface area contributed by atoms with Gasteiger partial charge in [0.05, 0.1) is 66.9 Å². The molecule has 12 aromatic rings. The van der Waals surface area contributed by atoms with Gasteiger partial charge >= 0.3 is 0 Å². The van der Waals surface area contributed by atoms with Gasteiger partial charge in [0.25, 0.3) is 0 Å². The molecule has 2 aliphatic carbocycles. The van der Waals surface area contributed by atoms with Crippen LogP contribution in [0.1, 0.15) is 50.2 Å². The van der Waals surface area contributed by atoms with E-state index in [9.17, 15) is 0 Å². The van der Waals surface area contributed by atoms with E-state index >= 15 is 0 Å². The van der Waals surface area contributed by atoms with Gasteiger partial charge in [0.1, 0.15) is 0 Å². The summed E-state index contributed by atoms with van der Waals surface area (Å²) in [7, 11) is 0. The molecule has 62 heavy (non-hydrogen) atoms. The van der Waals surface area contributed by atoms with Crippen LogP contribution >= 0.6 is 0 Å². The van der Waals surface area contributed by atoms with Gasteiger partial charge in [0.15, 0.2) is 0 Å². The van der Waals surface area contributed by atoms with E-state index in [-0.39, 0.29) is 10.8 Å². The van der Waals surface area contributed by atoms with Crippen molar-refractivity contribution in [2.45, 2.75) is 38.5 Å². The molecular formula is C54H38N8. The highest BCUT2D eigenvalue weighted by Crippen LogP contribution is 2.52. The van der Waals surface area contributed by atoms with Crippen LogP contribution in [0.25, 0.3) is 100 Å². The molecule has 0 N–H and O–H groups in total. The molecule has 0 unspecified atom stereocenters. The lowest BCUT2D eigenvalue weighted by Gasteiger charge is -2.24. The highest BCUT2D eigenvalue weighted by molar-refractivity contribution is 5.98. The predicted octanol–water partition coefficient (Wildman–Crippen LogP) is 12.2. The van der Waals surface area contributed by atoms with Crippen LogP contribution in [0.2, 0.25) is 0 Å². The lowest BCUT2D eigenvalue weighted by atomic mass is 9.84. The van der Waals surface area contributed by atoms with E-state index in [1.54, 1.807) is 0 Å². The number of pyridine rings is 2. The molecule has 6 aromatic heterocycles. The molecule has 0 amide bonds. The van der Waals surface area contributed by atoms with E-state index < -0.39 is 0 Å². The van der Waals surface area contributed by atoms with Crippen LogP contribution < -0.4 is 0 Å². The van der Waals surface area contributed by atoms with Gasteiger partial charge in [-0.15, -0.1) is 0 Å². The summed E-state index contributed by atoms with van der Waals surface area (Å²) in [5.74, 6) is 1.78. The number of rotatable bonds is 3. The fourth-order valence-electron chi connectivity index (χ4n) is 11.3. The van der Waals surface area contributed by atoms with E-state index in [0.717, 1.165) is 89.6 Å². The molecule has 6 heterocycles. The van der Waals surface area contributed by atoms with E-state index in [1.807, 2.05) is 24.5 Å². The highest BCUT2D eigenvalue weighted by Gasteiger charge is 2.41. The maximum atomic E-state index is 5.32. The summed E-state index contributed by atoms with van der Waals surface area (Å²) in [5.41, 5.74) is 22.0. The molecule has 0 aliphatic heterocycles. The Labute approximate surface area is 356 Å². The third-order valence-corrected chi connectivity index (χ3v) is 13.9. The van der Waals surface area contributed by atoms with Crippen LogP contribution in [0.4, 0.5) is 0 Å². The third kappa shape index (κ3) is 4.11. The minimum atomic E-state index is -0.298. The maximum absolute atomic E-state index is 5.32. The molecule has 0 radical (unpaired) electrons. The molecule has 294 valence electrons. The second-order valence-corrected chi connectivity index (χ2v) is 18.0. The van der Waals surface area contributed by atoms with Crippen molar-refractivity contribution in [1.82, 2.24) is 37.9 Å². The second kappa shape index (κ2) is 11.5. The first kappa shape index (κ1) is 33.9. The molecule has 0 spiro atoms. The standard InChI is InChI=1S/C54H38N8/c1-53(2)47-33(35-15-11-27-55-49(35)53)13-9-21-43(47)61-41-25-23-31(29-45(41)59-39-19-7-5-17-37(39)57-51(59)61)32-24-26-42-46(30-32)60-40-20-8-6-18-38(40)58-52(60)62(42)44-22-10-14-34-36-16-12-28-56-50(36)54(3,4)48(34)44/h5-30H,1-4H3. The summed E-state index contributed by atoms with van der Waals surface area (Å²) in [4.78, 5) is 20.5. The molecule has 0 bridgehead atoms. The van der Waals surface area contributed by atoms with Gasteiger partial charge in [-0.2, -0.15) is 0 Å². The summed E-state index contributed by atoms with van der Waals surface area (Å²) >= 11 is 0. The molecule has 0 saturated heterocycles. The lowest BCUT2D eigenvalue weighted by molar-refractivity contribution is 0.633. The van der Waals surface area contributed by atoms with Crippen LogP contribution in [-0.4, -0.2) is 37.9 Å².